The second-order valence-corrected chi connectivity index (χ2v) is 4.40. The number of benzene rings is 1. The van der Waals surface area contributed by atoms with Crippen molar-refractivity contribution in [2.75, 3.05) is 6.54 Å². The maximum Gasteiger partial charge on any atom is 0.390 e. The van der Waals surface area contributed by atoms with Crippen molar-refractivity contribution >= 4 is 0 Å². The Balaban J connectivity index is 2.55. The molecule has 1 N–H and O–H groups in total. The van der Waals surface area contributed by atoms with Crippen LogP contribution in [0.3, 0.4) is 0 Å². The third-order valence-electron chi connectivity index (χ3n) is 2.75. The molecule has 1 aromatic carbocycles. The van der Waals surface area contributed by atoms with Crippen molar-refractivity contribution in [2.24, 2.45) is 0 Å². The molecule has 1 atom stereocenters. The standard InChI is InChI=1S/C13H18F3N/c1-9-4-5-12(10(2)8-9)11(3)17-7-6-13(14,15)16/h4-5,8,11,17H,6-7H2,1-3H3. The van der Waals surface area contributed by atoms with E-state index < -0.39 is 12.6 Å². The molecule has 0 aliphatic carbocycles. The van der Waals surface area contributed by atoms with Gasteiger partial charge in [0.2, 0.25) is 0 Å². The molecule has 0 saturated heterocycles. The van der Waals surface area contributed by atoms with Crippen molar-refractivity contribution in [2.45, 2.75) is 39.4 Å². The topological polar surface area (TPSA) is 12.0 Å². The molecule has 0 fully saturated rings. The van der Waals surface area contributed by atoms with Gasteiger partial charge < -0.3 is 5.32 Å². The molecule has 1 aromatic rings. The van der Waals surface area contributed by atoms with E-state index >= 15 is 0 Å². The SMILES string of the molecule is Cc1ccc(C(C)NCCC(F)(F)F)c(C)c1. The Morgan fingerprint density at radius 3 is 2.41 bits per heavy atom. The van der Waals surface area contributed by atoms with E-state index in [2.05, 4.69) is 5.32 Å². The van der Waals surface area contributed by atoms with Gasteiger partial charge in [0.15, 0.2) is 0 Å². The zero-order valence-corrected chi connectivity index (χ0v) is 10.4. The molecule has 1 unspecified atom stereocenters. The predicted octanol–water partition coefficient (Wildman–Crippen LogP) is 3.91. The van der Waals surface area contributed by atoms with Gasteiger partial charge in [-0.15, -0.1) is 0 Å². The average molecular weight is 245 g/mol. The van der Waals surface area contributed by atoms with Gasteiger partial charge in [0.05, 0.1) is 6.42 Å². The first-order chi connectivity index (χ1) is 7.79. The zero-order valence-electron chi connectivity index (χ0n) is 10.4. The summed E-state index contributed by atoms with van der Waals surface area (Å²) in [4.78, 5) is 0. The van der Waals surface area contributed by atoms with E-state index in [0.29, 0.717) is 0 Å². The quantitative estimate of drug-likeness (QED) is 0.848. The molecule has 0 aliphatic heterocycles. The van der Waals surface area contributed by atoms with E-state index in [1.54, 1.807) is 0 Å². The zero-order chi connectivity index (χ0) is 13.1. The third kappa shape index (κ3) is 4.77. The van der Waals surface area contributed by atoms with Crippen LogP contribution in [0.15, 0.2) is 18.2 Å². The van der Waals surface area contributed by atoms with Crippen molar-refractivity contribution < 1.29 is 13.2 Å². The summed E-state index contributed by atoms with van der Waals surface area (Å²) >= 11 is 0. The fourth-order valence-electron chi connectivity index (χ4n) is 1.85. The molecule has 0 radical (unpaired) electrons. The van der Waals surface area contributed by atoms with Gasteiger partial charge in [-0.2, -0.15) is 13.2 Å². The monoisotopic (exact) mass is 245 g/mol. The van der Waals surface area contributed by atoms with Crippen LogP contribution in [0.5, 0.6) is 0 Å². The summed E-state index contributed by atoms with van der Waals surface area (Å²) in [6.45, 7) is 5.81. The van der Waals surface area contributed by atoms with Gasteiger partial charge in [-0.05, 0) is 31.9 Å². The van der Waals surface area contributed by atoms with Gasteiger partial charge in [0, 0.05) is 12.6 Å². The number of halogens is 3. The van der Waals surface area contributed by atoms with Crippen LogP contribution in [0.4, 0.5) is 13.2 Å². The van der Waals surface area contributed by atoms with Crippen LogP contribution in [0.2, 0.25) is 0 Å². The molecule has 0 aliphatic rings. The minimum atomic E-state index is -4.09. The molecule has 0 heterocycles. The van der Waals surface area contributed by atoms with Crippen LogP contribution in [0, 0.1) is 13.8 Å². The Morgan fingerprint density at radius 1 is 1.24 bits per heavy atom. The van der Waals surface area contributed by atoms with E-state index in [1.807, 2.05) is 39.0 Å². The summed E-state index contributed by atoms with van der Waals surface area (Å²) in [5.41, 5.74) is 3.32. The van der Waals surface area contributed by atoms with Crippen molar-refractivity contribution in [1.29, 1.82) is 0 Å². The molecule has 4 heteroatoms. The second-order valence-electron chi connectivity index (χ2n) is 4.40. The van der Waals surface area contributed by atoms with E-state index in [1.165, 1.54) is 0 Å². The van der Waals surface area contributed by atoms with Crippen LogP contribution in [-0.4, -0.2) is 12.7 Å². The number of rotatable bonds is 4. The lowest BCUT2D eigenvalue weighted by molar-refractivity contribution is -0.133. The number of nitrogens with one attached hydrogen (secondary N) is 1. The van der Waals surface area contributed by atoms with E-state index in [0.717, 1.165) is 16.7 Å². The molecule has 0 amide bonds. The summed E-state index contributed by atoms with van der Waals surface area (Å²) in [7, 11) is 0. The van der Waals surface area contributed by atoms with Crippen LogP contribution in [0.1, 0.15) is 36.1 Å². The number of hydrogen-bond donors (Lipinski definition) is 1. The highest BCUT2D eigenvalue weighted by atomic mass is 19.4. The van der Waals surface area contributed by atoms with Crippen molar-refractivity contribution in [3.8, 4) is 0 Å². The highest BCUT2D eigenvalue weighted by molar-refractivity contribution is 5.32. The molecule has 0 aromatic heterocycles. The summed E-state index contributed by atoms with van der Waals surface area (Å²) < 4.78 is 36.0. The summed E-state index contributed by atoms with van der Waals surface area (Å²) in [5, 5.41) is 2.90. The third-order valence-corrected chi connectivity index (χ3v) is 2.75. The van der Waals surface area contributed by atoms with Crippen molar-refractivity contribution in [3.05, 3.63) is 34.9 Å². The van der Waals surface area contributed by atoms with Crippen LogP contribution < -0.4 is 5.32 Å². The summed E-state index contributed by atoms with van der Waals surface area (Å²) in [5.74, 6) is 0. The van der Waals surface area contributed by atoms with Gasteiger partial charge >= 0.3 is 6.18 Å². The second kappa shape index (κ2) is 5.54. The number of hydrogen-bond acceptors (Lipinski definition) is 1. The molecule has 1 nitrogen and oxygen atoms in total. The predicted molar refractivity (Wildman–Crippen MR) is 63.0 cm³/mol. The van der Waals surface area contributed by atoms with Gasteiger partial charge in [0.1, 0.15) is 0 Å². The first kappa shape index (κ1) is 14.0. The minimum Gasteiger partial charge on any atom is -0.310 e. The fraction of sp³-hybridized carbons (Fsp3) is 0.538. The Kier molecular flexibility index (Phi) is 4.57. The van der Waals surface area contributed by atoms with Gasteiger partial charge in [-0.1, -0.05) is 23.8 Å². The normalized spacial score (nSPS) is 13.8. The summed E-state index contributed by atoms with van der Waals surface area (Å²) in [6, 6.07) is 5.93. The van der Waals surface area contributed by atoms with E-state index in [-0.39, 0.29) is 12.6 Å². The Labute approximate surface area is 100 Å². The molecular formula is C13H18F3N. The van der Waals surface area contributed by atoms with Gasteiger partial charge in [-0.25, -0.2) is 0 Å². The molecule has 96 valence electrons. The van der Waals surface area contributed by atoms with Crippen LogP contribution in [-0.2, 0) is 0 Å². The number of aryl methyl sites for hydroxylation is 2. The smallest absolute Gasteiger partial charge is 0.310 e. The first-order valence-electron chi connectivity index (χ1n) is 5.67. The lowest BCUT2D eigenvalue weighted by Gasteiger charge is -2.17. The highest BCUT2D eigenvalue weighted by Crippen LogP contribution is 2.21. The van der Waals surface area contributed by atoms with Gasteiger partial charge in [-0.3, -0.25) is 0 Å². The molecule has 0 spiro atoms. The molecule has 1 rings (SSSR count). The van der Waals surface area contributed by atoms with Crippen molar-refractivity contribution in [3.63, 3.8) is 0 Å². The molecule has 0 saturated carbocycles. The average Bonchev–Trinajstić information content (AvgIpc) is 2.15. The van der Waals surface area contributed by atoms with E-state index in [9.17, 15) is 13.2 Å². The Bertz CT molecular complexity index is 371. The van der Waals surface area contributed by atoms with Crippen LogP contribution in [0.25, 0.3) is 0 Å². The highest BCUT2D eigenvalue weighted by Gasteiger charge is 2.26. The molecule has 17 heavy (non-hydrogen) atoms. The molecule has 0 bridgehead atoms. The number of alkyl halides is 3. The summed E-state index contributed by atoms with van der Waals surface area (Å²) in [6.07, 6.45) is -4.88. The minimum absolute atomic E-state index is 0.0437. The van der Waals surface area contributed by atoms with Crippen LogP contribution >= 0.6 is 0 Å². The Morgan fingerprint density at radius 2 is 1.88 bits per heavy atom. The molecular weight excluding hydrogens is 227 g/mol. The largest absolute Gasteiger partial charge is 0.390 e. The Hall–Kier alpha value is -1.03. The lowest BCUT2D eigenvalue weighted by Crippen LogP contribution is -2.24. The van der Waals surface area contributed by atoms with Crippen molar-refractivity contribution in [1.82, 2.24) is 5.32 Å². The maximum absolute atomic E-state index is 12.0. The fourth-order valence-corrected chi connectivity index (χ4v) is 1.85. The van der Waals surface area contributed by atoms with E-state index in [4.69, 9.17) is 0 Å². The first-order valence-corrected chi connectivity index (χ1v) is 5.67. The lowest BCUT2D eigenvalue weighted by atomic mass is 10.0. The van der Waals surface area contributed by atoms with Gasteiger partial charge in [0.25, 0.3) is 0 Å². The maximum atomic E-state index is 12.0.